The van der Waals surface area contributed by atoms with E-state index in [1.165, 1.54) is 19.2 Å². The molecular weight excluding hydrogens is 462 g/mol. The number of hydrogen-bond donors (Lipinski definition) is 3. The fraction of sp³-hybridized carbons (Fsp3) is 0.222. The number of phenols is 1. The molecule has 0 saturated carbocycles. The van der Waals surface area contributed by atoms with Crippen molar-refractivity contribution in [1.82, 2.24) is 0 Å². The van der Waals surface area contributed by atoms with E-state index in [9.17, 15) is 20.0 Å². The van der Waals surface area contributed by atoms with E-state index >= 15 is 0 Å². The van der Waals surface area contributed by atoms with Crippen molar-refractivity contribution in [1.29, 1.82) is 0 Å². The van der Waals surface area contributed by atoms with Crippen LogP contribution in [0.25, 0.3) is 0 Å². The number of Topliss-reactive ketones (excluding diaryl/α,β-unsaturated/α-hetero) is 1. The first-order valence-corrected chi connectivity index (χ1v) is 11.5. The van der Waals surface area contributed by atoms with E-state index in [2.05, 4.69) is 10.6 Å². The minimum atomic E-state index is -0.699. The second-order valence-corrected chi connectivity index (χ2v) is 8.76. The van der Waals surface area contributed by atoms with Crippen molar-refractivity contribution in [3.8, 4) is 17.2 Å². The summed E-state index contributed by atoms with van der Waals surface area (Å²) in [6, 6.07) is 17.3. The van der Waals surface area contributed by atoms with Gasteiger partial charge in [-0.1, -0.05) is 30.3 Å². The van der Waals surface area contributed by atoms with E-state index < -0.39 is 22.4 Å². The van der Waals surface area contributed by atoms with Gasteiger partial charge in [0, 0.05) is 29.7 Å². The Morgan fingerprint density at radius 2 is 1.67 bits per heavy atom. The summed E-state index contributed by atoms with van der Waals surface area (Å²) in [5, 5.41) is 28.8. The molecular formula is C27H25N3O6. The number of nitro groups is 1. The molecule has 0 radical (unpaired) electrons. The van der Waals surface area contributed by atoms with Crippen LogP contribution >= 0.6 is 0 Å². The number of nitrogens with one attached hydrogen (secondary N) is 2. The SMILES string of the molecule is COc1ccccc1C1CC(=O)C2=C(C1)Nc1ccccc1NC2c1cc(OC)c(O)c([N+](=O)[O-])c1. The van der Waals surface area contributed by atoms with Crippen molar-refractivity contribution in [3.63, 3.8) is 0 Å². The van der Waals surface area contributed by atoms with Gasteiger partial charge >= 0.3 is 5.69 Å². The molecule has 5 rings (SSSR count). The highest BCUT2D eigenvalue weighted by Gasteiger charge is 2.38. The van der Waals surface area contributed by atoms with Crippen LogP contribution in [0.1, 0.15) is 35.9 Å². The number of hydrogen-bond acceptors (Lipinski definition) is 8. The van der Waals surface area contributed by atoms with Crippen LogP contribution in [-0.2, 0) is 4.79 Å². The number of ether oxygens (including phenoxy) is 2. The largest absolute Gasteiger partial charge is 0.500 e. The zero-order valence-corrected chi connectivity index (χ0v) is 19.8. The molecule has 2 unspecified atom stereocenters. The lowest BCUT2D eigenvalue weighted by Crippen LogP contribution is -2.27. The van der Waals surface area contributed by atoms with Gasteiger partial charge in [-0.05, 0) is 41.8 Å². The number of nitro benzene ring substituents is 1. The first kappa shape index (κ1) is 23.2. The van der Waals surface area contributed by atoms with Gasteiger partial charge in [-0.25, -0.2) is 0 Å². The molecule has 2 aliphatic rings. The molecule has 0 amide bonds. The Balaban J connectivity index is 1.67. The predicted molar refractivity (Wildman–Crippen MR) is 135 cm³/mol. The van der Waals surface area contributed by atoms with E-state index in [4.69, 9.17) is 9.47 Å². The summed E-state index contributed by atoms with van der Waals surface area (Å²) >= 11 is 0. The highest BCUT2D eigenvalue weighted by Crippen LogP contribution is 2.47. The Hall–Kier alpha value is -4.53. The molecule has 0 aromatic heterocycles. The maximum atomic E-state index is 13.7. The van der Waals surface area contributed by atoms with Gasteiger partial charge in [-0.2, -0.15) is 0 Å². The first-order chi connectivity index (χ1) is 17.4. The summed E-state index contributed by atoms with van der Waals surface area (Å²) < 4.78 is 10.8. The third-order valence-corrected chi connectivity index (χ3v) is 6.71. The fourth-order valence-electron chi connectivity index (χ4n) is 5.04. The van der Waals surface area contributed by atoms with Crippen LogP contribution in [0.3, 0.4) is 0 Å². The van der Waals surface area contributed by atoms with Gasteiger partial charge < -0.3 is 25.2 Å². The predicted octanol–water partition coefficient (Wildman–Crippen LogP) is 5.30. The maximum Gasteiger partial charge on any atom is 0.315 e. The van der Waals surface area contributed by atoms with Crippen LogP contribution in [0.2, 0.25) is 0 Å². The van der Waals surface area contributed by atoms with E-state index in [0.29, 0.717) is 17.6 Å². The van der Waals surface area contributed by atoms with Crippen molar-refractivity contribution >= 4 is 22.8 Å². The standard InChI is InChI=1S/C27H25N3O6/c1-35-23-10-6-3-7-17(23)15-11-20-25(22(31)13-15)26(29-19-9-5-4-8-18(19)28-20)16-12-21(30(33)34)27(32)24(14-16)36-2/h3-10,12,14-15,26,28-29,32H,11,13H2,1-2H3. The number of fused-ring (bicyclic) bond motifs is 1. The molecule has 1 aliphatic heterocycles. The lowest BCUT2D eigenvalue weighted by Gasteiger charge is -2.30. The summed E-state index contributed by atoms with van der Waals surface area (Å²) in [7, 11) is 2.94. The summed E-state index contributed by atoms with van der Waals surface area (Å²) in [4.78, 5) is 24.7. The third-order valence-electron chi connectivity index (χ3n) is 6.71. The highest BCUT2D eigenvalue weighted by molar-refractivity contribution is 6.01. The molecule has 36 heavy (non-hydrogen) atoms. The monoisotopic (exact) mass is 487 g/mol. The van der Waals surface area contributed by atoms with Gasteiger partial charge in [0.2, 0.25) is 5.75 Å². The molecule has 184 valence electrons. The van der Waals surface area contributed by atoms with Crippen molar-refractivity contribution in [3.05, 3.63) is 93.2 Å². The maximum absolute atomic E-state index is 13.7. The second kappa shape index (κ2) is 9.26. The van der Waals surface area contributed by atoms with Gasteiger partial charge in [-0.15, -0.1) is 0 Å². The van der Waals surface area contributed by atoms with Gasteiger partial charge in [-0.3, -0.25) is 14.9 Å². The molecule has 9 nitrogen and oxygen atoms in total. The molecule has 2 atom stereocenters. The molecule has 9 heteroatoms. The van der Waals surface area contributed by atoms with Crippen LogP contribution < -0.4 is 20.1 Å². The number of anilines is 2. The number of nitrogens with zero attached hydrogens (tertiary/aromatic N) is 1. The zero-order chi connectivity index (χ0) is 25.4. The number of allylic oxidation sites excluding steroid dienone is 1. The number of ketones is 1. The topological polar surface area (TPSA) is 123 Å². The van der Waals surface area contributed by atoms with Gasteiger partial charge in [0.05, 0.1) is 36.6 Å². The number of para-hydroxylation sites is 3. The number of carbonyl (C=O) groups is 1. The number of methoxy groups -OCH3 is 2. The van der Waals surface area contributed by atoms with Crippen molar-refractivity contribution in [2.24, 2.45) is 0 Å². The van der Waals surface area contributed by atoms with Crippen LogP contribution in [-0.4, -0.2) is 30.0 Å². The minimum Gasteiger partial charge on any atom is -0.500 e. The summed E-state index contributed by atoms with van der Waals surface area (Å²) in [6.45, 7) is 0. The van der Waals surface area contributed by atoms with Crippen molar-refractivity contribution < 1.29 is 24.3 Å². The Kier molecular flexibility index (Phi) is 5.97. The van der Waals surface area contributed by atoms with Crippen molar-refractivity contribution in [2.45, 2.75) is 24.8 Å². The Morgan fingerprint density at radius 3 is 2.39 bits per heavy atom. The van der Waals surface area contributed by atoms with Crippen LogP contribution in [0, 0.1) is 10.1 Å². The third kappa shape index (κ3) is 3.98. The van der Waals surface area contributed by atoms with E-state index in [-0.39, 0.29) is 23.9 Å². The molecule has 0 fully saturated rings. The Labute approximate surface area is 207 Å². The molecule has 0 spiro atoms. The fourth-order valence-corrected chi connectivity index (χ4v) is 5.04. The number of aromatic hydroxyl groups is 1. The molecule has 3 aromatic carbocycles. The number of rotatable bonds is 5. The van der Waals surface area contributed by atoms with Crippen LogP contribution in [0.5, 0.6) is 17.2 Å². The lowest BCUT2D eigenvalue weighted by molar-refractivity contribution is -0.386. The average molecular weight is 488 g/mol. The molecule has 1 aliphatic carbocycles. The summed E-state index contributed by atoms with van der Waals surface area (Å²) in [6.07, 6.45) is 0.804. The Bertz CT molecular complexity index is 1400. The summed E-state index contributed by atoms with van der Waals surface area (Å²) in [5.74, 6) is -0.0568. The van der Waals surface area contributed by atoms with Crippen LogP contribution in [0.4, 0.5) is 17.1 Å². The van der Waals surface area contributed by atoms with Gasteiger partial charge in [0.15, 0.2) is 11.5 Å². The number of carbonyl (C=O) groups excluding carboxylic acids is 1. The van der Waals surface area contributed by atoms with E-state index in [1.54, 1.807) is 7.11 Å². The smallest absolute Gasteiger partial charge is 0.315 e. The molecule has 3 N–H and O–H groups in total. The van der Waals surface area contributed by atoms with Crippen molar-refractivity contribution in [2.75, 3.05) is 24.9 Å². The quantitative estimate of drug-likeness (QED) is 0.327. The van der Waals surface area contributed by atoms with E-state index in [1.807, 2.05) is 48.5 Å². The van der Waals surface area contributed by atoms with Gasteiger partial charge in [0.1, 0.15) is 5.75 Å². The molecule has 0 bridgehead atoms. The molecule has 1 heterocycles. The average Bonchev–Trinajstić information content (AvgIpc) is 3.05. The second-order valence-electron chi connectivity index (χ2n) is 8.76. The van der Waals surface area contributed by atoms with E-state index in [0.717, 1.165) is 28.4 Å². The molecule has 3 aromatic rings. The summed E-state index contributed by atoms with van der Waals surface area (Å²) in [5.41, 5.74) is 3.67. The highest BCUT2D eigenvalue weighted by atomic mass is 16.6. The normalized spacial score (nSPS) is 18.8. The first-order valence-electron chi connectivity index (χ1n) is 11.5. The number of benzene rings is 3. The minimum absolute atomic E-state index is 0.0381. The lowest BCUT2D eigenvalue weighted by atomic mass is 9.78. The number of phenolic OH excluding ortho intramolecular Hbond substituents is 1. The Morgan fingerprint density at radius 1 is 0.972 bits per heavy atom. The van der Waals surface area contributed by atoms with Gasteiger partial charge in [0.25, 0.3) is 0 Å². The molecule has 0 saturated heterocycles. The van der Waals surface area contributed by atoms with Crippen LogP contribution in [0.15, 0.2) is 71.9 Å². The zero-order valence-electron chi connectivity index (χ0n) is 19.8.